The topological polar surface area (TPSA) is 150 Å². The van der Waals surface area contributed by atoms with Gasteiger partial charge in [-0.05, 0) is 53.2 Å². The Hall–Kier alpha value is -2.61. The van der Waals surface area contributed by atoms with Crippen molar-refractivity contribution >= 4 is 44.8 Å². The van der Waals surface area contributed by atoms with Crippen molar-refractivity contribution in [1.82, 2.24) is 24.4 Å². The maximum Gasteiger partial charge on any atom is 0.253 e. The van der Waals surface area contributed by atoms with Crippen LogP contribution in [-0.2, 0) is 11.3 Å². The lowest BCUT2D eigenvalue weighted by atomic mass is 9.93. The Labute approximate surface area is 213 Å². The van der Waals surface area contributed by atoms with Crippen molar-refractivity contribution in [3.05, 3.63) is 28.4 Å². The van der Waals surface area contributed by atoms with Crippen LogP contribution in [0.2, 0.25) is 0 Å². The monoisotopic (exact) mass is 564 g/mol. The fourth-order valence-electron chi connectivity index (χ4n) is 4.31. The van der Waals surface area contributed by atoms with Crippen molar-refractivity contribution in [1.29, 1.82) is 5.41 Å². The Morgan fingerprint density at radius 2 is 2.06 bits per heavy atom. The molecule has 0 bridgehead atoms. The number of ether oxygens (including phenoxy) is 2. The molecule has 3 aromatic rings. The van der Waals surface area contributed by atoms with Gasteiger partial charge in [0.15, 0.2) is 33.9 Å². The van der Waals surface area contributed by atoms with E-state index in [2.05, 4.69) is 25.9 Å². The number of aromatic amines is 1. The second-order valence-electron chi connectivity index (χ2n) is 8.52. The number of carbonyl (C=O) groups is 1. The predicted octanol–water partition coefficient (Wildman–Crippen LogP) is 1.86. The number of carbonyl (C=O) groups excluding carboxylic acids is 1. The lowest BCUT2D eigenvalue weighted by Gasteiger charge is -2.33. The lowest BCUT2D eigenvalue weighted by molar-refractivity contribution is -0.143. The maximum atomic E-state index is 12.1. The number of likely N-dealkylation sites (tertiary alicyclic amines) is 1. The number of aryl methyl sites for hydroxylation is 1. The van der Waals surface area contributed by atoms with E-state index >= 15 is 0 Å². The number of halogens is 1. The number of aliphatic hydroxyl groups excluding tert-OH is 2. The average Bonchev–Trinajstić information content (AvgIpc) is 3.50. The van der Waals surface area contributed by atoms with Gasteiger partial charge in [-0.3, -0.25) is 10.2 Å². The van der Waals surface area contributed by atoms with Gasteiger partial charge in [0.1, 0.15) is 5.52 Å². The molecule has 13 heteroatoms. The zero-order valence-electron chi connectivity index (χ0n) is 18.7. The van der Waals surface area contributed by atoms with Crippen LogP contribution in [0.1, 0.15) is 19.3 Å². The second-order valence-corrected chi connectivity index (χ2v) is 10.4. The molecule has 4 N–H and O–H groups in total. The maximum absolute atomic E-state index is 12.1. The molecule has 0 radical (unpaired) electrons. The molecule has 1 saturated heterocycles. The molecule has 2 aliphatic heterocycles. The third-order valence-electron chi connectivity index (χ3n) is 6.29. The molecule has 0 aliphatic carbocycles. The number of benzene rings is 1. The third kappa shape index (κ3) is 5.03. The highest BCUT2D eigenvalue weighted by Crippen LogP contribution is 2.42. The number of rotatable bonds is 7. The molecule has 0 spiro atoms. The van der Waals surface area contributed by atoms with Crippen molar-refractivity contribution in [2.75, 3.05) is 26.5 Å². The molecule has 35 heavy (non-hydrogen) atoms. The number of nitrogens with one attached hydrogen (secondary N) is 2. The molecule has 11 nitrogen and oxygen atoms in total. The number of amides is 1. The predicted molar refractivity (Wildman–Crippen MR) is 129 cm³/mol. The zero-order valence-corrected chi connectivity index (χ0v) is 21.1. The average molecular weight is 565 g/mol. The van der Waals surface area contributed by atoms with Crippen molar-refractivity contribution in [2.45, 2.75) is 42.0 Å². The number of aliphatic hydroxyl groups is 2. The first-order chi connectivity index (χ1) is 16.9. The summed E-state index contributed by atoms with van der Waals surface area (Å²) in [6, 6.07) is 3.77. The van der Waals surface area contributed by atoms with Gasteiger partial charge in [0, 0.05) is 29.0 Å². The van der Waals surface area contributed by atoms with Gasteiger partial charge in [-0.25, -0.2) is 9.97 Å². The minimum absolute atomic E-state index is 0.134. The standard InChI is InChI=1S/C22H25BrN6O5S/c23-13-7-15-16(34-11-33-15)8-17(13)35-22-26-18-19(24)25-10-29(20(18)27-22)6-3-12-1-4-28(5-2-12)21(32)14(31)9-30/h7-8,10,12,14,24,30-31H,1-6,9,11H2,(H,26,27)/t14-/m0/s1. The third-order valence-corrected chi connectivity index (χ3v) is 8.16. The molecular weight excluding hydrogens is 540 g/mol. The van der Waals surface area contributed by atoms with Crippen LogP contribution in [0, 0.1) is 11.3 Å². The van der Waals surface area contributed by atoms with Crippen LogP contribution in [0.15, 0.2) is 33.0 Å². The Morgan fingerprint density at radius 1 is 1.31 bits per heavy atom. The molecule has 1 amide bonds. The molecule has 1 fully saturated rings. The van der Waals surface area contributed by atoms with Crippen LogP contribution in [0.3, 0.4) is 0 Å². The Bertz CT molecular complexity index is 1310. The van der Waals surface area contributed by atoms with Gasteiger partial charge in [-0.2, -0.15) is 0 Å². The van der Waals surface area contributed by atoms with E-state index < -0.39 is 18.6 Å². The van der Waals surface area contributed by atoms with E-state index in [1.165, 1.54) is 11.8 Å². The molecular formula is C22H25BrN6O5S. The van der Waals surface area contributed by atoms with Crippen LogP contribution in [-0.4, -0.2) is 73.1 Å². The molecule has 1 atom stereocenters. The van der Waals surface area contributed by atoms with Gasteiger partial charge >= 0.3 is 0 Å². The number of hydrogen-bond acceptors (Lipinski definition) is 9. The number of fused-ring (bicyclic) bond motifs is 2. The van der Waals surface area contributed by atoms with Crippen LogP contribution in [0.4, 0.5) is 0 Å². The van der Waals surface area contributed by atoms with Crippen LogP contribution >= 0.6 is 27.7 Å². The summed E-state index contributed by atoms with van der Waals surface area (Å²) < 4.78 is 13.7. The summed E-state index contributed by atoms with van der Waals surface area (Å²) in [5.74, 6) is 1.39. The molecule has 5 rings (SSSR count). The van der Waals surface area contributed by atoms with Gasteiger partial charge in [-0.15, -0.1) is 0 Å². The molecule has 2 aliphatic rings. The van der Waals surface area contributed by atoms with Gasteiger partial charge in [0.2, 0.25) is 6.79 Å². The smallest absolute Gasteiger partial charge is 0.253 e. The van der Waals surface area contributed by atoms with Crippen LogP contribution in [0.5, 0.6) is 11.5 Å². The first-order valence-corrected chi connectivity index (χ1v) is 12.9. The summed E-state index contributed by atoms with van der Waals surface area (Å²) in [6.07, 6.45) is 2.85. The Kier molecular flexibility index (Phi) is 7.00. The number of nitrogens with zero attached hydrogens (tertiary/aromatic N) is 4. The molecule has 186 valence electrons. The molecule has 0 saturated carbocycles. The molecule has 2 aromatic heterocycles. The van der Waals surface area contributed by atoms with E-state index in [9.17, 15) is 9.90 Å². The Balaban J connectivity index is 1.27. The number of imidazole rings is 1. The van der Waals surface area contributed by atoms with E-state index in [0.717, 1.165) is 28.6 Å². The van der Waals surface area contributed by atoms with Gasteiger partial charge in [0.25, 0.3) is 5.91 Å². The number of aromatic nitrogens is 4. The minimum Gasteiger partial charge on any atom is -0.454 e. The number of hydrogen-bond donors (Lipinski definition) is 4. The largest absolute Gasteiger partial charge is 0.454 e. The summed E-state index contributed by atoms with van der Waals surface area (Å²) in [4.78, 5) is 26.8. The highest BCUT2D eigenvalue weighted by molar-refractivity contribution is 9.10. The second kappa shape index (κ2) is 10.2. The van der Waals surface area contributed by atoms with Gasteiger partial charge in [0.05, 0.1) is 12.9 Å². The molecule has 0 unspecified atom stereocenters. The van der Waals surface area contributed by atoms with Crippen LogP contribution < -0.4 is 15.0 Å². The molecule has 1 aromatic carbocycles. The van der Waals surface area contributed by atoms with Crippen molar-refractivity contribution in [3.8, 4) is 11.5 Å². The van der Waals surface area contributed by atoms with Crippen molar-refractivity contribution < 1.29 is 24.5 Å². The molecule has 4 heterocycles. The van der Waals surface area contributed by atoms with E-state index in [4.69, 9.17) is 25.0 Å². The summed E-state index contributed by atoms with van der Waals surface area (Å²) in [7, 11) is 0. The van der Waals surface area contributed by atoms with Crippen molar-refractivity contribution in [2.24, 2.45) is 5.92 Å². The fraction of sp³-hybridized carbons (Fsp3) is 0.455. The SMILES string of the molecule is N=c1ncn(CCC2CCN(C(=O)[C@@H](O)CO)CC2)c2nc(Sc3cc4c(cc3Br)OCO4)[nH]c12. The van der Waals surface area contributed by atoms with Gasteiger partial charge in [-0.1, -0.05) is 11.8 Å². The fourth-order valence-corrected chi connectivity index (χ4v) is 5.69. The summed E-state index contributed by atoms with van der Waals surface area (Å²) in [5, 5.41) is 27.4. The summed E-state index contributed by atoms with van der Waals surface area (Å²) >= 11 is 5.00. The number of H-pyrrole nitrogens is 1. The van der Waals surface area contributed by atoms with Crippen molar-refractivity contribution in [3.63, 3.8) is 0 Å². The van der Waals surface area contributed by atoms with E-state index in [-0.39, 0.29) is 12.3 Å². The summed E-state index contributed by atoms with van der Waals surface area (Å²) in [6.45, 7) is 1.47. The van der Waals surface area contributed by atoms with Crippen LogP contribution in [0.25, 0.3) is 11.2 Å². The first-order valence-electron chi connectivity index (χ1n) is 11.3. The first kappa shape index (κ1) is 24.1. The number of piperidine rings is 1. The highest BCUT2D eigenvalue weighted by Gasteiger charge is 2.27. The van der Waals surface area contributed by atoms with Gasteiger partial charge < -0.3 is 34.1 Å². The minimum atomic E-state index is -1.34. The lowest BCUT2D eigenvalue weighted by Crippen LogP contribution is -2.45. The summed E-state index contributed by atoms with van der Waals surface area (Å²) in [5.41, 5.74) is 1.38. The van der Waals surface area contributed by atoms with E-state index in [0.29, 0.717) is 53.4 Å². The Morgan fingerprint density at radius 3 is 2.80 bits per heavy atom. The highest BCUT2D eigenvalue weighted by atomic mass is 79.9. The van der Waals surface area contributed by atoms with E-state index in [1.807, 2.05) is 16.7 Å². The van der Waals surface area contributed by atoms with E-state index in [1.54, 1.807) is 11.2 Å². The quantitative estimate of drug-likeness (QED) is 0.339. The zero-order chi connectivity index (χ0) is 24.5. The normalized spacial score (nSPS) is 16.7.